The van der Waals surface area contributed by atoms with E-state index in [-0.39, 0.29) is 17.6 Å². The molecular weight excluding hydrogens is 470 g/mol. The molecule has 0 atom stereocenters. The van der Waals surface area contributed by atoms with Gasteiger partial charge in [0.1, 0.15) is 5.75 Å². The zero-order valence-corrected chi connectivity index (χ0v) is 20.6. The molecule has 0 bridgehead atoms. The molecule has 0 saturated carbocycles. The Morgan fingerprint density at radius 3 is 2.47 bits per heavy atom. The third-order valence-corrected chi connectivity index (χ3v) is 7.59. The minimum Gasteiger partial charge on any atom is -0.497 e. The molecule has 1 aromatic heterocycles. The predicted octanol–water partition coefficient (Wildman–Crippen LogP) is 3.56. The Labute approximate surface area is 207 Å². The van der Waals surface area contributed by atoms with Crippen molar-refractivity contribution in [2.24, 2.45) is 0 Å². The topological polar surface area (TPSA) is 87.7 Å². The van der Waals surface area contributed by atoms with Crippen LogP contribution in [0.2, 0.25) is 0 Å². The van der Waals surface area contributed by atoms with E-state index in [4.69, 9.17) is 4.74 Å². The molecule has 1 aliphatic heterocycles. The van der Waals surface area contributed by atoms with Crippen LogP contribution in [0.4, 0.5) is 10.8 Å². The Hall–Kier alpha value is -3.11. The van der Waals surface area contributed by atoms with Gasteiger partial charge in [0.15, 0.2) is 4.34 Å². The number of carbonyl (C=O) groups is 2. The van der Waals surface area contributed by atoms with Crippen LogP contribution < -0.4 is 15.0 Å². The number of amides is 2. The molecule has 3 aromatic rings. The van der Waals surface area contributed by atoms with Crippen LogP contribution in [0.3, 0.4) is 0 Å². The molecule has 2 amide bonds. The van der Waals surface area contributed by atoms with E-state index in [2.05, 4.69) is 20.4 Å². The predicted molar refractivity (Wildman–Crippen MR) is 136 cm³/mol. The number of benzene rings is 2. The highest BCUT2D eigenvalue weighted by Gasteiger charge is 2.23. The first-order chi connectivity index (χ1) is 16.6. The van der Waals surface area contributed by atoms with Gasteiger partial charge >= 0.3 is 0 Å². The summed E-state index contributed by atoms with van der Waals surface area (Å²) in [5.41, 5.74) is 1.91. The Bertz CT molecular complexity index is 1080. The molecule has 2 heterocycles. The molecule has 1 N–H and O–H groups in total. The standard InChI is InChI=1S/C24H27N5O3S2/c1-32-20-10-7-18(8-11-20)9-12-22(31)28-13-15-29(16-14-28)23-26-27-24(34-23)33-17-21(30)25-19-5-3-2-4-6-19/h2-8,10-11H,9,12-17H2,1H3,(H,25,30). The average molecular weight is 498 g/mol. The van der Waals surface area contributed by atoms with Gasteiger partial charge in [0.05, 0.1) is 12.9 Å². The van der Waals surface area contributed by atoms with Gasteiger partial charge in [-0.1, -0.05) is 53.4 Å². The lowest BCUT2D eigenvalue weighted by Gasteiger charge is -2.34. The average Bonchev–Trinajstić information content (AvgIpc) is 3.36. The minimum absolute atomic E-state index is 0.0743. The number of para-hydroxylation sites is 1. The zero-order valence-electron chi connectivity index (χ0n) is 19.0. The largest absolute Gasteiger partial charge is 0.497 e. The van der Waals surface area contributed by atoms with Crippen LogP contribution in [0.25, 0.3) is 0 Å². The minimum atomic E-state index is -0.0743. The number of nitrogens with one attached hydrogen (secondary N) is 1. The van der Waals surface area contributed by atoms with Crippen LogP contribution in [0, 0.1) is 0 Å². The number of rotatable bonds is 9. The molecule has 178 valence electrons. The summed E-state index contributed by atoms with van der Waals surface area (Å²) in [6.45, 7) is 2.79. The molecule has 1 aliphatic rings. The van der Waals surface area contributed by atoms with Crippen molar-refractivity contribution in [3.05, 3.63) is 60.2 Å². The number of aromatic nitrogens is 2. The summed E-state index contributed by atoms with van der Waals surface area (Å²) in [5, 5.41) is 12.2. The van der Waals surface area contributed by atoms with Crippen LogP contribution in [0.1, 0.15) is 12.0 Å². The molecule has 0 unspecified atom stereocenters. The number of hydrogen-bond donors (Lipinski definition) is 1. The molecule has 10 heteroatoms. The van der Waals surface area contributed by atoms with Gasteiger partial charge in [0, 0.05) is 38.3 Å². The second-order valence-electron chi connectivity index (χ2n) is 7.77. The summed E-state index contributed by atoms with van der Waals surface area (Å²) >= 11 is 2.86. The van der Waals surface area contributed by atoms with Crippen LogP contribution in [0.15, 0.2) is 58.9 Å². The summed E-state index contributed by atoms with van der Waals surface area (Å²) < 4.78 is 5.94. The Kier molecular flexibility index (Phi) is 8.37. The highest BCUT2D eigenvalue weighted by molar-refractivity contribution is 8.01. The molecule has 4 rings (SSSR count). The summed E-state index contributed by atoms with van der Waals surface area (Å²) in [6, 6.07) is 17.2. The molecule has 2 aromatic carbocycles. The molecular formula is C24H27N5O3S2. The van der Waals surface area contributed by atoms with E-state index in [1.165, 1.54) is 23.1 Å². The Morgan fingerprint density at radius 1 is 1.03 bits per heavy atom. The maximum Gasteiger partial charge on any atom is 0.234 e. The second-order valence-corrected chi connectivity index (χ2v) is 9.95. The van der Waals surface area contributed by atoms with E-state index in [9.17, 15) is 9.59 Å². The Morgan fingerprint density at radius 2 is 1.76 bits per heavy atom. The van der Waals surface area contributed by atoms with Gasteiger partial charge in [0.2, 0.25) is 16.9 Å². The van der Waals surface area contributed by atoms with Gasteiger partial charge in [-0.25, -0.2) is 0 Å². The van der Waals surface area contributed by atoms with Gasteiger partial charge in [0.25, 0.3) is 0 Å². The van der Waals surface area contributed by atoms with E-state index >= 15 is 0 Å². The highest BCUT2D eigenvalue weighted by Crippen LogP contribution is 2.29. The lowest BCUT2D eigenvalue weighted by Crippen LogP contribution is -2.48. The molecule has 8 nitrogen and oxygen atoms in total. The van der Waals surface area contributed by atoms with E-state index in [0.29, 0.717) is 19.5 Å². The first-order valence-electron chi connectivity index (χ1n) is 11.1. The molecule has 34 heavy (non-hydrogen) atoms. The first-order valence-corrected chi connectivity index (χ1v) is 12.9. The van der Waals surface area contributed by atoms with Gasteiger partial charge in [-0.05, 0) is 36.2 Å². The van der Waals surface area contributed by atoms with E-state index < -0.39 is 0 Å². The third-order valence-electron chi connectivity index (χ3n) is 5.47. The van der Waals surface area contributed by atoms with Crippen molar-refractivity contribution in [2.75, 3.05) is 49.3 Å². The number of carbonyl (C=O) groups excluding carboxylic acids is 2. The van der Waals surface area contributed by atoms with Crippen molar-refractivity contribution in [3.63, 3.8) is 0 Å². The number of ether oxygens (including phenoxy) is 1. The fourth-order valence-electron chi connectivity index (χ4n) is 3.58. The van der Waals surface area contributed by atoms with Crippen LogP contribution in [0.5, 0.6) is 5.75 Å². The van der Waals surface area contributed by atoms with Crippen LogP contribution >= 0.6 is 23.1 Å². The Balaban J connectivity index is 1.19. The van der Waals surface area contributed by atoms with Crippen LogP contribution in [-0.2, 0) is 16.0 Å². The molecule has 1 fully saturated rings. The lowest BCUT2D eigenvalue weighted by molar-refractivity contribution is -0.131. The number of thioether (sulfide) groups is 1. The maximum absolute atomic E-state index is 12.6. The lowest BCUT2D eigenvalue weighted by atomic mass is 10.1. The molecule has 1 saturated heterocycles. The SMILES string of the molecule is COc1ccc(CCC(=O)N2CCN(c3nnc(SCC(=O)Nc4ccccc4)s3)CC2)cc1. The number of anilines is 2. The fourth-order valence-corrected chi connectivity index (χ4v) is 5.28. The molecule has 0 spiro atoms. The smallest absolute Gasteiger partial charge is 0.234 e. The number of piperazine rings is 1. The van der Waals surface area contributed by atoms with Crippen molar-refractivity contribution in [3.8, 4) is 5.75 Å². The number of methoxy groups -OCH3 is 1. The van der Waals surface area contributed by atoms with Gasteiger partial charge < -0.3 is 19.9 Å². The number of hydrogen-bond acceptors (Lipinski definition) is 8. The van der Waals surface area contributed by atoms with Crippen molar-refractivity contribution in [1.82, 2.24) is 15.1 Å². The summed E-state index contributed by atoms with van der Waals surface area (Å²) in [7, 11) is 1.64. The van der Waals surface area contributed by atoms with E-state index in [1.807, 2.05) is 59.5 Å². The van der Waals surface area contributed by atoms with Crippen molar-refractivity contribution < 1.29 is 14.3 Å². The van der Waals surface area contributed by atoms with E-state index in [0.717, 1.165) is 46.0 Å². The quantitative estimate of drug-likeness (QED) is 0.452. The second kappa shape index (κ2) is 11.8. The third kappa shape index (κ3) is 6.71. The van der Waals surface area contributed by atoms with E-state index in [1.54, 1.807) is 7.11 Å². The monoisotopic (exact) mass is 497 g/mol. The summed E-state index contributed by atoms with van der Waals surface area (Å²) in [5.74, 6) is 1.20. The normalized spacial score (nSPS) is 13.6. The maximum atomic E-state index is 12.6. The zero-order chi connectivity index (χ0) is 23.8. The van der Waals surface area contributed by atoms with Crippen molar-refractivity contribution in [1.29, 1.82) is 0 Å². The number of nitrogens with zero attached hydrogens (tertiary/aromatic N) is 4. The highest BCUT2D eigenvalue weighted by atomic mass is 32.2. The molecule has 0 radical (unpaired) electrons. The van der Waals surface area contributed by atoms with Crippen molar-refractivity contribution in [2.45, 2.75) is 17.2 Å². The van der Waals surface area contributed by atoms with Gasteiger partial charge in [-0.15, -0.1) is 10.2 Å². The summed E-state index contributed by atoms with van der Waals surface area (Å²) in [4.78, 5) is 28.8. The number of aryl methyl sites for hydroxylation is 1. The van der Waals surface area contributed by atoms with Gasteiger partial charge in [-0.2, -0.15) is 0 Å². The fraction of sp³-hybridized carbons (Fsp3) is 0.333. The first kappa shape index (κ1) is 24.0. The van der Waals surface area contributed by atoms with Crippen LogP contribution in [-0.4, -0.2) is 66.0 Å². The van der Waals surface area contributed by atoms with Gasteiger partial charge in [-0.3, -0.25) is 9.59 Å². The van der Waals surface area contributed by atoms with Crippen molar-refractivity contribution >= 4 is 45.7 Å². The molecule has 0 aliphatic carbocycles. The summed E-state index contributed by atoms with van der Waals surface area (Å²) in [6.07, 6.45) is 1.22.